The third kappa shape index (κ3) is 9.15. The van der Waals surface area contributed by atoms with Crippen molar-refractivity contribution in [2.75, 3.05) is 0 Å². The predicted octanol–water partition coefficient (Wildman–Crippen LogP) is 13.3. The van der Waals surface area contributed by atoms with Crippen molar-refractivity contribution >= 4 is 12.2 Å². The van der Waals surface area contributed by atoms with E-state index in [4.69, 9.17) is 0 Å². The molecule has 4 unspecified atom stereocenters. The number of rotatable bonds is 6. The van der Waals surface area contributed by atoms with Crippen molar-refractivity contribution in [3.8, 4) is 22.3 Å². The molecular weight excluding hydrogens is 887 g/mol. The Balaban J connectivity index is 0.00000304. The van der Waals surface area contributed by atoms with Crippen LogP contribution < -0.4 is 24.8 Å². The van der Waals surface area contributed by atoms with Gasteiger partial charge in [0.15, 0.2) is 0 Å². The third-order valence-corrected chi connectivity index (χ3v) is 28.9. The number of benzene rings is 4. The molecule has 4 fully saturated rings. The van der Waals surface area contributed by atoms with Crippen LogP contribution in [-0.2, 0) is 38.2 Å². The van der Waals surface area contributed by atoms with Gasteiger partial charge in [-0.1, -0.05) is 0 Å². The molecule has 5 aliphatic carbocycles. The van der Waals surface area contributed by atoms with E-state index < -0.39 is 16.6 Å². The first-order valence-corrected chi connectivity index (χ1v) is 30.4. The summed E-state index contributed by atoms with van der Waals surface area (Å²) in [6, 6.07) is 30.8. The molecule has 0 radical (unpaired) electrons. The molecule has 4 aromatic rings. The van der Waals surface area contributed by atoms with Gasteiger partial charge < -0.3 is 24.8 Å². The summed E-state index contributed by atoms with van der Waals surface area (Å²) in [7, 11) is 0. The number of hydrogen-bond acceptors (Lipinski definition) is 0. The Labute approximate surface area is 424 Å². The van der Waals surface area contributed by atoms with Gasteiger partial charge in [-0.25, -0.2) is 0 Å². The van der Waals surface area contributed by atoms with Crippen molar-refractivity contribution in [2.24, 2.45) is 11.8 Å². The Morgan fingerprint density at radius 1 is 0.388 bits per heavy atom. The molecule has 3 heteroatoms. The van der Waals surface area contributed by atoms with Crippen LogP contribution in [0.5, 0.6) is 0 Å². The number of fused-ring (bicyclic) bond motifs is 3. The average Bonchev–Trinajstić information content (AvgIpc) is 3.52. The van der Waals surface area contributed by atoms with Gasteiger partial charge in [0, 0.05) is 0 Å². The largest absolute Gasteiger partial charge is 1.00 e. The Kier molecular flexibility index (Phi) is 14.2. The van der Waals surface area contributed by atoms with E-state index in [2.05, 4.69) is 168 Å². The maximum Gasteiger partial charge on any atom is -1.00 e. The summed E-state index contributed by atoms with van der Waals surface area (Å²) >= 11 is -2.95. The zero-order chi connectivity index (χ0) is 45.8. The van der Waals surface area contributed by atoms with Crippen LogP contribution in [0.25, 0.3) is 34.4 Å². The van der Waals surface area contributed by atoms with E-state index in [1.54, 1.807) is 22.3 Å². The van der Waals surface area contributed by atoms with Gasteiger partial charge in [-0.15, -0.1) is 0 Å². The fraction of sp³-hybridized carbons (Fsp3) is 0.562. The summed E-state index contributed by atoms with van der Waals surface area (Å²) in [4.78, 5) is 0. The van der Waals surface area contributed by atoms with Gasteiger partial charge in [-0.2, -0.15) is 0 Å². The molecule has 4 atom stereocenters. The summed E-state index contributed by atoms with van der Waals surface area (Å²) in [6.45, 7) is 28.9. The summed E-state index contributed by atoms with van der Waals surface area (Å²) < 4.78 is 3.26. The quantitative estimate of drug-likeness (QED) is 0.169. The molecule has 0 nitrogen and oxygen atoms in total. The van der Waals surface area contributed by atoms with Crippen LogP contribution in [0.1, 0.15) is 226 Å². The summed E-state index contributed by atoms with van der Waals surface area (Å²) in [5.41, 5.74) is 22.7. The minimum atomic E-state index is -2.95. The number of halogens is 2. The van der Waals surface area contributed by atoms with Crippen LogP contribution >= 0.6 is 0 Å². The SMILES string of the molecule is CC(C)(C)c1cc(-c2cccc3c2C=C(C2CCCCC2)[CH]3[Ti+2]2([CH]3C(C4CCCCC4)=Cc4c(-c5cc(C(C)(C)C)cc(C(C)(C)C)c5)cccc43)[CH]3CCCC[CH]32)cc(C(C)(C)C)c1.[Cl-].[Cl-]. The normalized spacial score (nSPS) is 24.6. The van der Waals surface area contributed by atoms with E-state index in [0.29, 0.717) is 8.45 Å². The second-order valence-electron chi connectivity index (χ2n) is 26.5. The number of allylic oxidation sites excluding steroid dienone is 2. The molecule has 10 rings (SSSR count). The average molecular weight is 972 g/mol. The van der Waals surface area contributed by atoms with Gasteiger partial charge in [0.25, 0.3) is 0 Å². The van der Waals surface area contributed by atoms with Crippen LogP contribution in [0.2, 0.25) is 8.45 Å². The van der Waals surface area contributed by atoms with Gasteiger partial charge in [0.1, 0.15) is 0 Å². The minimum Gasteiger partial charge on any atom is -1.00 e. The first kappa shape index (κ1) is 51.0. The Bertz CT molecular complexity index is 2290. The van der Waals surface area contributed by atoms with Crippen molar-refractivity contribution in [2.45, 2.75) is 212 Å². The molecule has 1 aliphatic heterocycles. The van der Waals surface area contributed by atoms with Crippen LogP contribution in [0.15, 0.2) is 83.9 Å². The first-order chi connectivity index (χ1) is 30.8. The van der Waals surface area contributed by atoms with E-state index in [-0.39, 0.29) is 46.5 Å². The van der Waals surface area contributed by atoms with Gasteiger partial charge in [0.2, 0.25) is 0 Å². The Hall–Kier alpha value is -2.35. The van der Waals surface area contributed by atoms with E-state index >= 15 is 0 Å². The van der Waals surface area contributed by atoms with E-state index in [1.165, 1.54) is 134 Å². The van der Waals surface area contributed by atoms with Gasteiger partial charge >= 0.3 is 403 Å². The third-order valence-electron chi connectivity index (χ3n) is 18.2. The Morgan fingerprint density at radius 2 is 0.701 bits per heavy atom. The second-order valence-corrected chi connectivity index (χ2v) is 33.8. The van der Waals surface area contributed by atoms with E-state index in [1.807, 2.05) is 11.1 Å². The zero-order valence-corrected chi connectivity index (χ0v) is 46.8. The molecule has 67 heavy (non-hydrogen) atoms. The monoisotopic (exact) mass is 971 g/mol. The topological polar surface area (TPSA) is 0 Å². The fourth-order valence-corrected chi connectivity index (χ4v) is 28.8. The van der Waals surface area contributed by atoms with Crippen LogP contribution in [0.3, 0.4) is 0 Å². The molecule has 0 aromatic heterocycles. The minimum absolute atomic E-state index is 0. The predicted molar refractivity (Wildman–Crippen MR) is 279 cm³/mol. The smallest absolute Gasteiger partial charge is 1.00 e. The maximum absolute atomic E-state index is 2.95. The molecule has 0 amide bonds. The molecule has 6 aliphatic rings. The molecule has 1 heterocycles. The van der Waals surface area contributed by atoms with Gasteiger partial charge in [-0.3, -0.25) is 0 Å². The van der Waals surface area contributed by atoms with E-state index in [0.717, 1.165) is 20.3 Å². The molecule has 3 saturated carbocycles. The van der Waals surface area contributed by atoms with E-state index in [9.17, 15) is 0 Å². The van der Waals surface area contributed by atoms with Crippen LogP contribution in [-0.4, -0.2) is 0 Å². The van der Waals surface area contributed by atoms with Crippen molar-refractivity contribution in [3.05, 3.63) is 128 Å². The molecule has 0 N–H and O–H groups in total. The molecule has 0 spiro atoms. The van der Waals surface area contributed by atoms with Crippen LogP contribution in [0, 0.1) is 11.8 Å². The van der Waals surface area contributed by atoms with Gasteiger partial charge in [0.05, 0.1) is 0 Å². The molecule has 358 valence electrons. The molecule has 0 bridgehead atoms. The summed E-state index contributed by atoms with van der Waals surface area (Å²) in [5.74, 6) is 1.46. The first-order valence-electron chi connectivity index (χ1n) is 26.8. The van der Waals surface area contributed by atoms with Crippen molar-refractivity contribution in [1.29, 1.82) is 0 Å². The second kappa shape index (κ2) is 18.7. The van der Waals surface area contributed by atoms with Crippen molar-refractivity contribution in [3.63, 3.8) is 0 Å². The van der Waals surface area contributed by atoms with Crippen molar-refractivity contribution < 1.29 is 41.4 Å². The van der Waals surface area contributed by atoms with Gasteiger partial charge in [-0.05, 0) is 0 Å². The Morgan fingerprint density at radius 3 is 1.01 bits per heavy atom. The molecule has 4 aromatic carbocycles. The summed E-state index contributed by atoms with van der Waals surface area (Å²) in [6.07, 6.45) is 25.7. The van der Waals surface area contributed by atoms with Crippen molar-refractivity contribution in [1.82, 2.24) is 0 Å². The van der Waals surface area contributed by atoms with Crippen LogP contribution in [0.4, 0.5) is 0 Å². The molecule has 1 saturated heterocycles. The fourth-order valence-electron chi connectivity index (χ4n) is 14.6. The standard InChI is InChI=1S/2C29H37.C6H10.2ClH.Ti/c2*1-28(2,3)24-16-23(17-25(19-24)29(4,5)6)26-14-10-13-21-15-22(18-27(21)26)20-11-8-7-9-12-20;1-2-4-6-5-3-1;;;/h2*10,13-20H,7-9,11-12H2,1-6H3;1-2H,3-6H2;2*1H;/q;;;;;+2/p-2. The number of hydrogen-bond donors (Lipinski definition) is 0. The summed E-state index contributed by atoms with van der Waals surface area (Å²) in [5, 5.41) is 0. The zero-order valence-electron chi connectivity index (χ0n) is 43.7. The maximum atomic E-state index is 2.89. The molecular formula is C64H84Cl2Ti.